The fourth-order valence-electron chi connectivity index (χ4n) is 3.08. The van der Waals surface area contributed by atoms with Crippen molar-refractivity contribution in [2.45, 2.75) is 6.04 Å². The Hall–Kier alpha value is -3.53. The van der Waals surface area contributed by atoms with Crippen molar-refractivity contribution >= 4 is 45.0 Å². The number of hydrogen-bond donors (Lipinski definition) is 2. The average Bonchev–Trinajstić information content (AvgIpc) is 2.92. The molecular weight excluding hydrogens is 448 g/mol. The number of carbonyl (C=O) groups is 3. The number of non-ortho nitro benzene ring substituents is 1. The molecule has 1 amide bonds. The van der Waals surface area contributed by atoms with Crippen molar-refractivity contribution in [3.63, 3.8) is 0 Å². The van der Waals surface area contributed by atoms with Gasteiger partial charge in [-0.3, -0.25) is 24.5 Å². The fourth-order valence-corrected chi connectivity index (χ4v) is 3.34. The van der Waals surface area contributed by atoms with Gasteiger partial charge in [0, 0.05) is 22.2 Å². The minimum atomic E-state index is -1.32. The zero-order chi connectivity index (χ0) is 21.3. The fraction of sp³-hybridized carbons (Fsp3) is 0.105. The third-order valence-electron chi connectivity index (χ3n) is 4.38. The Balaban J connectivity index is 2.16. The first-order chi connectivity index (χ1) is 13.7. The van der Waals surface area contributed by atoms with Crippen molar-refractivity contribution in [2.75, 3.05) is 6.54 Å². The molecule has 0 saturated carbocycles. The van der Waals surface area contributed by atoms with Crippen LogP contribution in [0.1, 0.15) is 17.2 Å². The van der Waals surface area contributed by atoms with Crippen LogP contribution in [0.15, 0.2) is 58.6 Å². The zero-order valence-electron chi connectivity index (χ0n) is 14.6. The highest BCUT2D eigenvalue weighted by molar-refractivity contribution is 9.10. The van der Waals surface area contributed by atoms with Crippen molar-refractivity contribution < 1.29 is 29.5 Å². The standard InChI is InChI=1S/C19H13BrN2O7/c20-12-5-1-10(2-6-12)16-15(18(26)19(27)21(16)9-14(23)24)17(25)11-3-7-13(8-4-11)22(28)29/h1-8,16,25H,9H2,(H,23,24)/t16-/m0/s1. The Kier molecular flexibility index (Phi) is 5.46. The smallest absolute Gasteiger partial charge is 0.323 e. The topological polar surface area (TPSA) is 138 Å². The van der Waals surface area contributed by atoms with Crippen LogP contribution in [0, 0.1) is 10.1 Å². The molecule has 0 spiro atoms. The van der Waals surface area contributed by atoms with Gasteiger partial charge in [-0.2, -0.15) is 0 Å². The van der Waals surface area contributed by atoms with E-state index in [1.54, 1.807) is 24.3 Å². The number of carbonyl (C=O) groups excluding carboxylic acids is 2. The maximum Gasteiger partial charge on any atom is 0.323 e. The first-order valence-electron chi connectivity index (χ1n) is 8.21. The van der Waals surface area contributed by atoms with E-state index >= 15 is 0 Å². The number of nitro groups is 1. The van der Waals surface area contributed by atoms with E-state index in [1.807, 2.05) is 0 Å². The quantitative estimate of drug-likeness (QED) is 0.230. The second-order valence-electron chi connectivity index (χ2n) is 6.18. The van der Waals surface area contributed by atoms with Crippen LogP contribution in [0.25, 0.3) is 5.76 Å². The van der Waals surface area contributed by atoms with E-state index in [-0.39, 0.29) is 16.8 Å². The summed E-state index contributed by atoms with van der Waals surface area (Å²) in [6.07, 6.45) is 0. The normalized spacial score (nSPS) is 18.1. The number of rotatable bonds is 5. The molecule has 1 fully saturated rings. The highest BCUT2D eigenvalue weighted by Crippen LogP contribution is 2.39. The average molecular weight is 461 g/mol. The number of nitro benzene ring substituents is 1. The number of hydrogen-bond acceptors (Lipinski definition) is 6. The molecule has 1 aliphatic rings. The number of benzene rings is 2. The number of carboxylic acid groups (broad SMARTS) is 1. The van der Waals surface area contributed by atoms with Gasteiger partial charge in [0.1, 0.15) is 12.3 Å². The molecule has 0 aromatic heterocycles. The van der Waals surface area contributed by atoms with Crippen molar-refractivity contribution in [1.29, 1.82) is 0 Å². The first kappa shape index (κ1) is 20.2. The van der Waals surface area contributed by atoms with Crippen LogP contribution in [0.2, 0.25) is 0 Å². The maximum absolute atomic E-state index is 12.6. The molecule has 1 aliphatic heterocycles. The Morgan fingerprint density at radius 2 is 1.66 bits per heavy atom. The lowest BCUT2D eigenvalue weighted by atomic mass is 9.95. The second kappa shape index (κ2) is 7.84. The summed E-state index contributed by atoms with van der Waals surface area (Å²) in [5, 5.41) is 30.7. The van der Waals surface area contributed by atoms with Crippen molar-refractivity contribution in [2.24, 2.45) is 0 Å². The summed E-state index contributed by atoms with van der Waals surface area (Å²) >= 11 is 3.27. The molecule has 10 heteroatoms. The predicted molar refractivity (Wildman–Crippen MR) is 104 cm³/mol. The molecule has 2 N–H and O–H groups in total. The molecular formula is C19H13BrN2O7. The molecule has 0 aliphatic carbocycles. The van der Waals surface area contributed by atoms with Gasteiger partial charge in [-0.25, -0.2) is 0 Å². The molecule has 0 bridgehead atoms. The van der Waals surface area contributed by atoms with Gasteiger partial charge in [0.25, 0.3) is 17.4 Å². The van der Waals surface area contributed by atoms with E-state index in [1.165, 1.54) is 12.1 Å². The van der Waals surface area contributed by atoms with Gasteiger partial charge in [0.15, 0.2) is 0 Å². The Morgan fingerprint density at radius 3 is 2.17 bits per heavy atom. The molecule has 1 atom stereocenters. The van der Waals surface area contributed by atoms with Crippen LogP contribution in [-0.2, 0) is 14.4 Å². The minimum absolute atomic E-state index is 0.0889. The van der Waals surface area contributed by atoms with Gasteiger partial charge in [0.2, 0.25) is 0 Å². The molecule has 1 heterocycles. The SMILES string of the molecule is O=C(O)CN1C(=O)C(=O)C(=C(O)c2ccc([N+](=O)[O-])cc2)[C@@H]1c1ccc(Br)cc1. The number of aliphatic carboxylic acids is 1. The van der Waals surface area contributed by atoms with E-state index < -0.39 is 40.9 Å². The van der Waals surface area contributed by atoms with Gasteiger partial charge in [-0.15, -0.1) is 0 Å². The van der Waals surface area contributed by atoms with E-state index in [2.05, 4.69) is 15.9 Å². The monoisotopic (exact) mass is 460 g/mol. The maximum atomic E-state index is 12.6. The van der Waals surface area contributed by atoms with E-state index in [4.69, 9.17) is 5.11 Å². The third kappa shape index (κ3) is 3.87. The predicted octanol–water partition coefficient (Wildman–Crippen LogP) is 2.86. The van der Waals surface area contributed by atoms with E-state index in [9.17, 15) is 29.6 Å². The molecule has 0 unspecified atom stereocenters. The Morgan fingerprint density at radius 1 is 1.07 bits per heavy atom. The molecule has 3 rings (SSSR count). The highest BCUT2D eigenvalue weighted by atomic mass is 79.9. The van der Waals surface area contributed by atoms with Crippen LogP contribution in [0.4, 0.5) is 5.69 Å². The summed E-state index contributed by atoms with van der Waals surface area (Å²) in [5.41, 5.74) is 0.0212. The molecule has 2 aromatic rings. The summed E-state index contributed by atoms with van der Waals surface area (Å²) in [7, 11) is 0. The van der Waals surface area contributed by atoms with Crippen molar-refractivity contribution in [3.8, 4) is 0 Å². The number of Topliss-reactive ketones (excluding diaryl/α,β-unsaturated/α-hetero) is 1. The number of carboxylic acids is 1. The third-order valence-corrected chi connectivity index (χ3v) is 4.91. The molecule has 2 aromatic carbocycles. The number of likely N-dealkylation sites (tertiary alicyclic amines) is 1. The second-order valence-corrected chi connectivity index (χ2v) is 7.09. The lowest BCUT2D eigenvalue weighted by Crippen LogP contribution is -2.34. The molecule has 148 valence electrons. The number of amides is 1. The van der Waals surface area contributed by atoms with Gasteiger partial charge in [-0.05, 0) is 29.8 Å². The summed E-state index contributed by atoms with van der Waals surface area (Å²) < 4.78 is 0.729. The highest BCUT2D eigenvalue weighted by Gasteiger charge is 2.46. The minimum Gasteiger partial charge on any atom is -0.507 e. The van der Waals surface area contributed by atoms with Crippen LogP contribution in [0.3, 0.4) is 0 Å². The number of nitrogens with zero attached hydrogens (tertiary/aromatic N) is 2. The van der Waals surface area contributed by atoms with E-state index in [0.29, 0.717) is 5.56 Å². The lowest BCUT2D eigenvalue weighted by Gasteiger charge is -2.23. The largest absolute Gasteiger partial charge is 0.507 e. The Bertz CT molecular complexity index is 1050. The lowest BCUT2D eigenvalue weighted by molar-refractivity contribution is -0.384. The van der Waals surface area contributed by atoms with Gasteiger partial charge < -0.3 is 15.1 Å². The number of ketones is 1. The van der Waals surface area contributed by atoms with E-state index in [0.717, 1.165) is 21.5 Å². The number of halogens is 1. The zero-order valence-corrected chi connectivity index (χ0v) is 16.2. The first-order valence-corrected chi connectivity index (χ1v) is 9.00. The van der Waals surface area contributed by atoms with Crippen molar-refractivity contribution in [3.05, 3.63) is 79.8 Å². The van der Waals surface area contributed by atoms with Gasteiger partial charge in [0.05, 0.1) is 16.5 Å². The molecule has 0 radical (unpaired) electrons. The van der Waals surface area contributed by atoms with Gasteiger partial charge >= 0.3 is 5.97 Å². The number of aliphatic hydroxyl groups excluding tert-OH is 1. The molecule has 29 heavy (non-hydrogen) atoms. The van der Waals surface area contributed by atoms with Crippen LogP contribution in [-0.4, -0.2) is 44.2 Å². The summed E-state index contributed by atoms with van der Waals surface area (Å²) in [5.74, 6) is -3.94. The van der Waals surface area contributed by atoms with Gasteiger partial charge in [-0.1, -0.05) is 28.1 Å². The summed E-state index contributed by atoms with van der Waals surface area (Å²) in [6.45, 7) is -0.734. The van der Waals surface area contributed by atoms with Crippen LogP contribution >= 0.6 is 15.9 Å². The number of aliphatic hydroxyl groups is 1. The molecule has 1 saturated heterocycles. The molecule has 9 nitrogen and oxygen atoms in total. The van der Waals surface area contributed by atoms with Crippen molar-refractivity contribution in [1.82, 2.24) is 4.90 Å². The van der Waals surface area contributed by atoms with Crippen LogP contribution < -0.4 is 0 Å². The Labute approximate surface area is 172 Å². The summed E-state index contributed by atoms with van der Waals surface area (Å²) in [4.78, 5) is 47.4. The summed E-state index contributed by atoms with van der Waals surface area (Å²) in [6, 6.07) is 10.2. The van der Waals surface area contributed by atoms with Crippen LogP contribution in [0.5, 0.6) is 0 Å².